The van der Waals surface area contributed by atoms with Crippen molar-refractivity contribution in [3.63, 3.8) is 0 Å². The highest BCUT2D eigenvalue weighted by molar-refractivity contribution is 14.1. The van der Waals surface area contributed by atoms with Crippen LogP contribution in [-0.2, 0) is 6.54 Å². The van der Waals surface area contributed by atoms with E-state index < -0.39 is 0 Å². The summed E-state index contributed by atoms with van der Waals surface area (Å²) < 4.78 is 7.23. The molecule has 1 heterocycles. The van der Waals surface area contributed by atoms with Gasteiger partial charge in [-0.2, -0.15) is 5.26 Å². The molecule has 0 aliphatic rings. The second-order valence-electron chi connectivity index (χ2n) is 4.22. The summed E-state index contributed by atoms with van der Waals surface area (Å²) in [5, 5.41) is 9.06. The van der Waals surface area contributed by atoms with Crippen LogP contribution in [0.2, 0.25) is 0 Å². The van der Waals surface area contributed by atoms with Gasteiger partial charge >= 0.3 is 0 Å². The van der Waals surface area contributed by atoms with Crippen molar-refractivity contribution in [3.05, 3.63) is 55.3 Å². The Morgan fingerprint density at radius 3 is 2.90 bits per heavy atom. The van der Waals surface area contributed by atoms with Crippen molar-refractivity contribution in [2.24, 2.45) is 0 Å². The molecule has 0 bridgehead atoms. The van der Waals surface area contributed by atoms with Gasteiger partial charge in [-0.1, -0.05) is 6.07 Å². The molecule has 0 fully saturated rings. The molecule has 0 radical (unpaired) electrons. The van der Waals surface area contributed by atoms with Crippen molar-refractivity contribution >= 4 is 22.6 Å². The van der Waals surface area contributed by atoms with Gasteiger partial charge < -0.3 is 4.74 Å². The predicted molar refractivity (Wildman–Crippen MR) is 82.8 cm³/mol. The second kappa shape index (κ2) is 6.05. The average Bonchev–Trinajstić information content (AvgIpc) is 2.47. The Balaban J connectivity index is 2.39. The maximum Gasteiger partial charge on any atom is 0.267 e. The summed E-state index contributed by atoms with van der Waals surface area (Å²) in [6, 6.07) is 7.36. The molecule has 102 valence electrons. The zero-order valence-electron chi connectivity index (χ0n) is 11.1. The van der Waals surface area contributed by atoms with Gasteiger partial charge in [-0.3, -0.25) is 9.36 Å². The van der Waals surface area contributed by atoms with Crippen molar-refractivity contribution in [1.29, 1.82) is 5.26 Å². The van der Waals surface area contributed by atoms with Crippen LogP contribution >= 0.6 is 22.6 Å². The van der Waals surface area contributed by atoms with E-state index in [9.17, 15) is 4.79 Å². The number of rotatable bonds is 3. The number of hydrogen-bond acceptors (Lipinski definition) is 4. The van der Waals surface area contributed by atoms with E-state index in [2.05, 4.69) is 11.1 Å². The number of halogens is 1. The Bertz CT molecular complexity index is 747. The van der Waals surface area contributed by atoms with Crippen molar-refractivity contribution in [1.82, 2.24) is 9.55 Å². The van der Waals surface area contributed by atoms with Gasteiger partial charge in [0.15, 0.2) is 0 Å². The molecule has 0 aliphatic heterocycles. The van der Waals surface area contributed by atoms with Crippen molar-refractivity contribution in [2.45, 2.75) is 13.5 Å². The molecule has 2 aromatic rings. The van der Waals surface area contributed by atoms with Crippen LogP contribution in [0.25, 0.3) is 0 Å². The number of hydrogen-bond donors (Lipinski definition) is 0. The minimum absolute atomic E-state index is 0.0765. The van der Waals surface area contributed by atoms with Crippen molar-refractivity contribution in [2.75, 3.05) is 7.11 Å². The summed E-state index contributed by atoms with van der Waals surface area (Å²) in [5.74, 6) is 0.528. The van der Waals surface area contributed by atoms with Crippen LogP contribution < -0.4 is 10.3 Å². The lowest BCUT2D eigenvalue weighted by atomic mass is 10.1. The Morgan fingerprint density at radius 1 is 1.50 bits per heavy atom. The zero-order valence-corrected chi connectivity index (χ0v) is 13.2. The maximum atomic E-state index is 12.1. The molecule has 2 rings (SSSR count). The van der Waals surface area contributed by atoms with Gasteiger partial charge in [0.2, 0.25) is 0 Å². The van der Waals surface area contributed by atoms with Crippen molar-refractivity contribution < 1.29 is 4.74 Å². The van der Waals surface area contributed by atoms with Crippen LogP contribution in [0.3, 0.4) is 0 Å². The molecule has 0 unspecified atom stereocenters. The monoisotopic (exact) mass is 381 g/mol. The summed E-state index contributed by atoms with van der Waals surface area (Å²) in [7, 11) is 1.52. The average molecular weight is 381 g/mol. The van der Waals surface area contributed by atoms with Crippen molar-refractivity contribution in [3.8, 4) is 11.8 Å². The quantitative estimate of drug-likeness (QED) is 0.764. The normalized spacial score (nSPS) is 10.1. The zero-order chi connectivity index (χ0) is 14.7. The molecule has 1 aromatic carbocycles. The fourth-order valence-corrected chi connectivity index (χ4v) is 2.25. The van der Waals surface area contributed by atoms with Crippen LogP contribution in [0.5, 0.6) is 5.75 Å². The maximum absolute atomic E-state index is 12.1. The first-order valence-electron chi connectivity index (χ1n) is 5.85. The third-order valence-electron chi connectivity index (χ3n) is 2.89. The molecule has 0 N–H and O–H groups in total. The summed E-state index contributed by atoms with van der Waals surface area (Å²) in [5.41, 5.74) is 1.95. The molecule has 0 aliphatic carbocycles. The summed E-state index contributed by atoms with van der Waals surface area (Å²) >= 11 is 1.99. The summed E-state index contributed by atoms with van der Waals surface area (Å²) in [4.78, 5) is 16.3. The van der Waals surface area contributed by atoms with Gasteiger partial charge in [-0.25, -0.2) is 4.98 Å². The van der Waals surface area contributed by atoms with E-state index >= 15 is 0 Å². The molecule has 0 spiro atoms. The fraction of sp³-hybridized carbons (Fsp3) is 0.214. The molecule has 1 aromatic heterocycles. The van der Waals surface area contributed by atoms with Crippen LogP contribution in [0.4, 0.5) is 0 Å². The van der Waals surface area contributed by atoms with Gasteiger partial charge in [0.1, 0.15) is 11.8 Å². The van der Waals surface area contributed by atoms with Gasteiger partial charge in [-0.05, 0) is 47.2 Å². The Labute approximate surface area is 130 Å². The van der Waals surface area contributed by atoms with Gasteiger partial charge in [0, 0.05) is 0 Å². The number of methoxy groups -OCH3 is 1. The van der Waals surface area contributed by atoms with E-state index in [4.69, 9.17) is 10.00 Å². The first-order valence-corrected chi connectivity index (χ1v) is 6.93. The van der Waals surface area contributed by atoms with E-state index in [0.717, 1.165) is 11.3 Å². The molecule has 0 amide bonds. The summed E-state index contributed by atoms with van der Waals surface area (Å²) in [6.07, 6.45) is 1.52. The topological polar surface area (TPSA) is 67.9 Å². The minimum atomic E-state index is -0.0765. The molecule has 0 atom stereocenters. The van der Waals surface area contributed by atoms with Crippen LogP contribution in [0.1, 0.15) is 16.8 Å². The van der Waals surface area contributed by atoms with Crippen LogP contribution in [0.15, 0.2) is 29.3 Å². The highest BCUT2D eigenvalue weighted by Crippen LogP contribution is 2.19. The number of nitriles is 1. The Hall–Kier alpha value is -1.88. The highest BCUT2D eigenvalue weighted by atomic mass is 127. The number of aromatic nitrogens is 2. The third kappa shape index (κ3) is 2.82. The molecule has 0 saturated carbocycles. The largest absolute Gasteiger partial charge is 0.495 e. The molecule has 5 nitrogen and oxygen atoms in total. The third-order valence-corrected chi connectivity index (χ3v) is 4.14. The first-order chi connectivity index (χ1) is 9.56. The Kier molecular flexibility index (Phi) is 4.39. The van der Waals surface area contributed by atoms with E-state index in [1.165, 1.54) is 18.0 Å². The number of benzene rings is 1. The Morgan fingerprint density at radius 2 is 2.25 bits per heavy atom. The van der Waals surface area contributed by atoms with E-state index in [-0.39, 0.29) is 5.56 Å². The number of ether oxygens (including phenoxy) is 1. The van der Waals surface area contributed by atoms with Crippen LogP contribution in [-0.4, -0.2) is 16.7 Å². The summed E-state index contributed by atoms with van der Waals surface area (Å²) in [6.45, 7) is 2.18. The van der Waals surface area contributed by atoms with E-state index in [1.807, 2.05) is 28.7 Å². The number of aryl methyl sites for hydroxylation is 1. The molecule has 6 heteroatoms. The van der Waals surface area contributed by atoms with Gasteiger partial charge in [0.05, 0.1) is 34.8 Å². The fourth-order valence-electron chi connectivity index (χ4n) is 1.80. The van der Waals surface area contributed by atoms with E-state index in [1.54, 1.807) is 19.1 Å². The van der Waals surface area contributed by atoms with Gasteiger partial charge in [0.25, 0.3) is 5.56 Å². The lowest BCUT2D eigenvalue weighted by molar-refractivity contribution is 0.413. The minimum Gasteiger partial charge on any atom is -0.495 e. The molecular formula is C14H12IN3O2. The lowest BCUT2D eigenvalue weighted by Crippen LogP contribution is -2.24. The molecule has 20 heavy (non-hydrogen) atoms. The smallest absolute Gasteiger partial charge is 0.267 e. The molecule has 0 saturated heterocycles. The first kappa shape index (κ1) is 14.5. The van der Waals surface area contributed by atoms with E-state index in [0.29, 0.717) is 21.4 Å². The second-order valence-corrected chi connectivity index (χ2v) is 5.30. The number of nitrogens with zero attached hydrogens (tertiary/aromatic N) is 3. The lowest BCUT2D eigenvalue weighted by Gasteiger charge is -2.09. The van der Waals surface area contributed by atoms with Crippen LogP contribution in [0, 0.1) is 21.8 Å². The van der Waals surface area contributed by atoms with Gasteiger partial charge in [-0.15, -0.1) is 0 Å². The standard InChI is InChI=1S/C14H12IN3O2/c1-9-13(15)14(19)18(8-17-9)7-10-3-4-12(20-2)11(5-10)6-16/h3-5,8H,7H2,1-2H3. The highest BCUT2D eigenvalue weighted by Gasteiger charge is 2.08. The SMILES string of the molecule is COc1ccc(Cn2cnc(C)c(I)c2=O)cc1C#N. The predicted octanol–water partition coefficient (Wildman–Crippen LogP) is 2.08. The molecular weight excluding hydrogens is 369 g/mol.